The van der Waals surface area contributed by atoms with Crippen LogP contribution in [0.3, 0.4) is 0 Å². The van der Waals surface area contributed by atoms with Gasteiger partial charge in [-0.15, -0.1) is 0 Å². The third-order valence-corrected chi connectivity index (χ3v) is 9.11. The van der Waals surface area contributed by atoms with Crippen LogP contribution < -0.4 is 5.73 Å². The average Bonchev–Trinajstić information content (AvgIpc) is 3.46. The van der Waals surface area contributed by atoms with E-state index in [-0.39, 0.29) is 5.91 Å². The molecule has 0 bridgehead atoms. The lowest BCUT2D eigenvalue weighted by Gasteiger charge is -2.53. The number of rotatable bonds is 16. The van der Waals surface area contributed by atoms with Crippen LogP contribution >= 0.6 is 0 Å². The van der Waals surface area contributed by atoms with E-state index in [1.807, 2.05) is 88.4 Å². The Kier molecular flexibility index (Phi) is 11.6. The van der Waals surface area contributed by atoms with E-state index in [0.29, 0.717) is 64.2 Å². The molecule has 0 aromatic heterocycles. The fourth-order valence-corrected chi connectivity index (χ4v) is 7.43. The zero-order valence-corrected chi connectivity index (χ0v) is 25.6. The number of aliphatic hydroxyl groups is 2. The second-order valence-corrected chi connectivity index (χ2v) is 12.2. The van der Waals surface area contributed by atoms with Gasteiger partial charge in [0, 0.05) is 0 Å². The zero-order chi connectivity index (χ0) is 30.1. The summed E-state index contributed by atoms with van der Waals surface area (Å²) in [7, 11) is 0. The van der Waals surface area contributed by atoms with Crippen molar-refractivity contribution >= 4 is 11.8 Å². The van der Waals surface area contributed by atoms with E-state index >= 15 is 4.79 Å². The number of hydrogen-bond donors (Lipinski definition) is 3. The minimum Gasteiger partial charge on any atom is -0.387 e. The molecule has 6 heteroatoms. The quantitative estimate of drug-likeness (QED) is 0.191. The lowest BCUT2D eigenvalue weighted by molar-refractivity contribution is -0.175. The summed E-state index contributed by atoms with van der Waals surface area (Å²) in [4.78, 5) is 30.2. The Bertz CT molecular complexity index is 1020. The fraction of sp³-hybridized carbons (Fsp3) is 0.600. The molecular formula is C35H52N2O4. The summed E-state index contributed by atoms with van der Waals surface area (Å²) in [6.45, 7) is 8.15. The first kappa shape index (κ1) is 32.8. The molecule has 0 saturated heterocycles. The van der Waals surface area contributed by atoms with Gasteiger partial charge in [-0.2, -0.15) is 0 Å². The monoisotopic (exact) mass is 564 g/mol. The Morgan fingerprint density at radius 1 is 0.732 bits per heavy atom. The van der Waals surface area contributed by atoms with E-state index in [1.165, 1.54) is 0 Å². The summed E-state index contributed by atoms with van der Waals surface area (Å²) in [5, 5.41) is 25.3. The van der Waals surface area contributed by atoms with Crippen molar-refractivity contribution in [2.24, 2.45) is 11.1 Å². The highest BCUT2D eigenvalue weighted by Gasteiger charge is 2.57. The van der Waals surface area contributed by atoms with Crippen molar-refractivity contribution < 1.29 is 19.8 Å². The predicted octanol–water partition coefficient (Wildman–Crippen LogP) is 7.01. The number of primary amides is 1. The van der Waals surface area contributed by atoms with Crippen LogP contribution in [0.4, 0.5) is 0 Å². The first-order chi connectivity index (χ1) is 19.6. The van der Waals surface area contributed by atoms with Gasteiger partial charge in [0.05, 0.1) is 23.3 Å². The van der Waals surface area contributed by atoms with Crippen LogP contribution in [0.1, 0.15) is 128 Å². The normalized spacial score (nSPS) is 16.7. The number of nitrogens with two attached hydrogens (primary N) is 1. The Morgan fingerprint density at radius 3 is 1.37 bits per heavy atom. The van der Waals surface area contributed by atoms with Crippen molar-refractivity contribution in [1.29, 1.82) is 0 Å². The van der Waals surface area contributed by atoms with Gasteiger partial charge in [0.2, 0.25) is 11.8 Å². The van der Waals surface area contributed by atoms with Crippen molar-refractivity contribution in [3.8, 4) is 0 Å². The van der Waals surface area contributed by atoms with Crippen LogP contribution in [0.15, 0.2) is 60.7 Å². The van der Waals surface area contributed by atoms with Crippen LogP contribution in [0.5, 0.6) is 0 Å². The molecule has 1 aliphatic carbocycles. The Balaban J connectivity index is 2.47. The van der Waals surface area contributed by atoms with Crippen LogP contribution in [-0.2, 0) is 9.59 Å². The Labute approximate surface area is 247 Å². The summed E-state index contributed by atoms with van der Waals surface area (Å²) >= 11 is 0. The lowest BCUT2D eigenvalue weighted by Crippen LogP contribution is -2.60. The van der Waals surface area contributed by atoms with Crippen molar-refractivity contribution in [2.45, 2.75) is 128 Å². The molecule has 3 rings (SSSR count). The molecule has 1 aliphatic rings. The van der Waals surface area contributed by atoms with Crippen molar-refractivity contribution in [3.63, 3.8) is 0 Å². The largest absolute Gasteiger partial charge is 0.387 e. The molecule has 1 saturated carbocycles. The van der Waals surface area contributed by atoms with Gasteiger partial charge in [0.15, 0.2) is 0 Å². The zero-order valence-electron chi connectivity index (χ0n) is 25.6. The molecule has 2 atom stereocenters. The van der Waals surface area contributed by atoms with E-state index in [4.69, 9.17) is 5.73 Å². The van der Waals surface area contributed by atoms with Crippen molar-refractivity contribution in [3.05, 3.63) is 71.8 Å². The molecule has 0 aliphatic heterocycles. The average molecular weight is 565 g/mol. The van der Waals surface area contributed by atoms with E-state index in [1.54, 1.807) is 4.90 Å². The molecule has 1 fully saturated rings. The summed E-state index contributed by atoms with van der Waals surface area (Å²) in [5.41, 5.74) is 3.72. The second kappa shape index (κ2) is 14.5. The number of amides is 2. The van der Waals surface area contributed by atoms with Crippen molar-refractivity contribution in [1.82, 2.24) is 4.90 Å². The molecule has 226 valence electrons. The highest BCUT2D eigenvalue weighted by molar-refractivity contribution is 6.05. The second-order valence-electron chi connectivity index (χ2n) is 12.2. The SMILES string of the molecule is CCCC(O)(CCC)C(c1ccccc1)N(C(=O)C1(C(N)=O)CCCC1)C(c1ccccc1)C(O)(CCC)CCC. The van der Waals surface area contributed by atoms with Gasteiger partial charge in [0.1, 0.15) is 5.41 Å². The summed E-state index contributed by atoms with van der Waals surface area (Å²) in [5.74, 6) is -0.992. The molecule has 0 heterocycles. The third kappa shape index (κ3) is 6.86. The maximum Gasteiger partial charge on any atom is 0.239 e. The summed E-state index contributed by atoms with van der Waals surface area (Å²) in [6, 6.07) is 17.8. The Hall–Kier alpha value is -2.70. The highest BCUT2D eigenvalue weighted by atomic mass is 16.3. The van der Waals surface area contributed by atoms with Gasteiger partial charge in [-0.25, -0.2) is 0 Å². The molecule has 4 N–H and O–H groups in total. The number of nitrogens with zero attached hydrogens (tertiary/aromatic N) is 1. The lowest BCUT2D eigenvalue weighted by atomic mass is 9.73. The topological polar surface area (TPSA) is 104 Å². The fourth-order valence-electron chi connectivity index (χ4n) is 7.43. The van der Waals surface area contributed by atoms with E-state index in [2.05, 4.69) is 0 Å². The number of carbonyl (C=O) groups is 2. The standard InChI is InChI=1S/C35H52N2O4/c1-5-21-34(40,22-6-2)29(27-17-11-9-12-18-27)37(32(39)33(31(36)38)25-15-16-26-33)30(28-19-13-10-14-20-28)35(41,23-7-3)24-8-4/h9-14,17-20,29-30,40-41H,5-8,15-16,21-26H2,1-4H3,(H2,36,38). The Morgan fingerprint density at radius 2 is 1.07 bits per heavy atom. The van der Waals surface area contributed by atoms with Crippen LogP contribution in [0.2, 0.25) is 0 Å². The maximum absolute atomic E-state index is 15.3. The van der Waals surface area contributed by atoms with Gasteiger partial charge in [-0.05, 0) is 49.7 Å². The van der Waals surface area contributed by atoms with Crippen LogP contribution in [-0.4, -0.2) is 38.1 Å². The molecule has 41 heavy (non-hydrogen) atoms. The number of carbonyl (C=O) groups excluding carboxylic acids is 2. The molecule has 2 aromatic carbocycles. The maximum atomic E-state index is 15.3. The molecule has 0 radical (unpaired) electrons. The molecule has 2 amide bonds. The van der Waals surface area contributed by atoms with E-state index in [0.717, 1.165) is 24.0 Å². The molecule has 6 nitrogen and oxygen atoms in total. The first-order valence-electron chi connectivity index (χ1n) is 15.8. The van der Waals surface area contributed by atoms with Gasteiger partial charge in [-0.3, -0.25) is 9.59 Å². The van der Waals surface area contributed by atoms with Gasteiger partial charge < -0.3 is 20.8 Å². The minimum atomic E-state index is -1.38. The number of hydrogen-bond acceptors (Lipinski definition) is 4. The van der Waals surface area contributed by atoms with Crippen LogP contribution in [0.25, 0.3) is 0 Å². The third-order valence-electron chi connectivity index (χ3n) is 9.11. The van der Waals surface area contributed by atoms with Gasteiger partial charge in [-0.1, -0.05) is 127 Å². The molecule has 0 spiro atoms. The first-order valence-corrected chi connectivity index (χ1v) is 15.8. The molecular weight excluding hydrogens is 512 g/mol. The van der Waals surface area contributed by atoms with Crippen molar-refractivity contribution in [2.75, 3.05) is 0 Å². The highest BCUT2D eigenvalue weighted by Crippen LogP contribution is 2.51. The van der Waals surface area contributed by atoms with Gasteiger partial charge in [0.25, 0.3) is 0 Å². The molecule has 2 aromatic rings. The smallest absolute Gasteiger partial charge is 0.239 e. The summed E-state index contributed by atoms with van der Waals surface area (Å²) < 4.78 is 0. The number of benzene rings is 2. The van der Waals surface area contributed by atoms with Crippen LogP contribution in [0, 0.1) is 5.41 Å². The summed E-state index contributed by atoms with van der Waals surface area (Å²) in [6.07, 6.45) is 6.95. The molecule has 2 unspecified atom stereocenters. The predicted molar refractivity (Wildman–Crippen MR) is 165 cm³/mol. The van der Waals surface area contributed by atoms with E-state index in [9.17, 15) is 15.0 Å². The van der Waals surface area contributed by atoms with E-state index < -0.39 is 34.6 Å². The minimum absolute atomic E-state index is 0.374. The van der Waals surface area contributed by atoms with Gasteiger partial charge >= 0.3 is 0 Å².